The Kier molecular flexibility index (Phi) is 7.46. The summed E-state index contributed by atoms with van der Waals surface area (Å²) in [6, 6.07) is 16.2. The molecule has 0 saturated carbocycles. The summed E-state index contributed by atoms with van der Waals surface area (Å²) in [6.45, 7) is 5.92. The average molecular weight is 407 g/mol. The standard InChI is InChI=1S/C9H7N.C8H4N2O3.C5H10O2/c1-2-6-9-8(4-1)5-3-7-10-9;11-8-7-3-6(10(12)13)2-1-5(7)4-9-8;1-5(2,3)7-4-6/h1-7H;1-4H;4H,1-3H3. The molecule has 1 aliphatic rings. The van der Waals surface area contributed by atoms with Crippen molar-refractivity contribution in [3.8, 4) is 0 Å². The molecule has 0 spiro atoms. The van der Waals surface area contributed by atoms with Gasteiger partial charge in [-0.1, -0.05) is 24.3 Å². The number of fused-ring (bicyclic) bond motifs is 2. The lowest BCUT2D eigenvalue weighted by Gasteiger charge is -2.14. The van der Waals surface area contributed by atoms with Crippen molar-refractivity contribution in [1.29, 1.82) is 0 Å². The molecule has 0 aliphatic carbocycles. The van der Waals surface area contributed by atoms with E-state index in [9.17, 15) is 19.7 Å². The lowest BCUT2D eigenvalue weighted by molar-refractivity contribution is -0.384. The summed E-state index contributed by atoms with van der Waals surface area (Å²) in [5.74, 6) is -0.418. The van der Waals surface area contributed by atoms with Crippen LogP contribution in [0.5, 0.6) is 0 Å². The molecule has 0 bridgehead atoms. The van der Waals surface area contributed by atoms with Crippen LogP contribution < -0.4 is 0 Å². The number of rotatable bonds is 2. The zero-order valence-corrected chi connectivity index (χ0v) is 16.8. The van der Waals surface area contributed by atoms with Crippen LogP contribution in [0.3, 0.4) is 0 Å². The van der Waals surface area contributed by atoms with Crippen LogP contribution in [-0.2, 0) is 9.53 Å². The van der Waals surface area contributed by atoms with Crippen molar-refractivity contribution in [2.45, 2.75) is 26.4 Å². The molecule has 2 heterocycles. The number of aliphatic imine (C=N–C) groups is 1. The Morgan fingerprint density at radius 3 is 2.37 bits per heavy atom. The summed E-state index contributed by atoms with van der Waals surface area (Å²) in [6.07, 6.45) is 3.21. The quantitative estimate of drug-likeness (QED) is 0.354. The molecule has 8 nitrogen and oxygen atoms in total. The molecule has 0 radical (unpaired) electrons. The third-order valence-corrected chi connectivity index (χ3v) is 3.71. The monoisotopic (exact) mass is 407 g/mol. The van der Waals surface area contributed by atoms with Crippen LogP contribution in [0.25, 0.3) is 10.9 Å². The number of hydrogen-bond acceptors (Lipinski definition) is 6. The summed E-state index contributed by atoms with van der Waals surface area (Å²) < 4.78 is 4.55. The van der Waals surface area contributed by atoms with Crippen LogP contribution >= 0.6 is 0 Å². The molecule has 1 amide bonds. The molecule has 4 rings (SSSR count). The van der Waals surface area contributed by atoms with E-state index in [-0.39, 0.29) is 11.3 Å². The van der Waals surface area contributed by atoms with Crippen LogP contribution in [0, 0.1) is 10.1 Å². The molecule has 1 aliphatic heterocycles. The number of carbonyl (C=O) groups is 2. The zero-order chi connectivity index (χ0) is 22.1. The minimum Gasteiger partial charge on any atom is -0.462 e. The van der Waals surface area contributed by atoms with Gasteiger partial charge in [-0.25, -0.2) is 4.99 Å². The largest absolute Gasteiger partial charge is 0.462 e. The highest BCUT2D eigenvalue weighted by Gasteiger charge is 2.18. The molecule has 8 heteroatoms. The fraction of sp³-hybridized carbons (Fsp3) is 0.182. The minimum atomic E-state index is -0.536. The Balaban J connectivity index is 0.000000169. The highest BCUT2D eigenvalue weighted by molar-refractivity contribution is 6.13. The van der Waals surface area contributed by atoms with E-state index in [2.05, 4.69) is 26.8 Å². The summed E-state index contributed by atoms with van der Waals surface area (Å²) in [4.78, 5) is 38.1. The van der Waals surface area contributed by atoms with Gasteiger partial charge in [-0.05, 0) is 39.0 Å². The van der Waals surface area contributed by atoms with Gasteiger partial charge in [0.25, 0.3) is 18.1 Å². The van der Waals surface area contributed by atoms with Gasteiger partial charge < -0.3 is 4.74 Å². The summed E-state index contributed by atoms with van der Waals surface area (Å²) in [7, 11) is 0. The smallest absolute Gasteiger partial charge is 0.293 e. The number of benzene rings is 2. The van der Waals surface area contributed by atoms with Gasteiger partial charge in [0.2, 0.25) is 0 Å². The van der Waals surface area contributed by atoms with Gasteiger partial charge in [0.1, 0.15) is 5.60 Å². The van der Waals surface area contributed by atoms with Crippen molar-refractivity contribution >= 4 is 35.2 Å². The van der Waals surface area contributed by atoms with Crippen molar-refractivity contribution in [2.24, 2.45) is 4.99 Å². The number of nitro groups is 1. The van der Waals surface area contributed by atoms with Crippen LogP contribution in [0.15, 0.2) is 65.8 Å². The van der Waals surface area contributed by atoms with Crippen LogP contribution in [0.2, 0.25) is 0 Å². The third-order valence-electron chi connectivity index (χ3n) is 3.71. The van der Waals surface area contributed by atoms with Crippen molar-refractivity contribution < 1.29 is 19.2 Å². The fourth-order valence-corrected chi connectivity index (χ4v) is 2.31. The molecule has 0 fully saturated rings. The van der Waals surface area contributed by atoms with E-state index in [0.29, 0.717) is 17.6 Å². The molecule has 0 unspecified atom stereocenters. The second kappa shape index (κ2) is 10.0. The van der Waals surface area contributed by atoms with E-state index in [4.69, 9.17) is 0 Å². The molecule has 0 atom stereocenters. The molecular weight excluding hydrogens is 386 g/mol. The maximum atomic E-state index is 11.0. The number of aromatic nitrogens is 1. The SMILES string of the molecule is CC(C)(C)OC=O.O=C1N=Cc2ccc([N+](=O)[O-])cc21.c1ccc2ncccc2c1. The van der Waals surface area contributed by atoms with Gasteiger partial charge in [-0.3, -0.25) is 24.7 Å². The molecule has 0 saturated heterocycles. The number of ether oxygens (including phenoxy) is 1. The first kappa shape index (κ1) is 22.4. The van der Waals surface area contributed by atoms with Crippen LogP contribution in [0.4, 0.5) is 5.69 Å². The summed E-state index contributed by atoms with van der Waals surface area (Å²) >= 11 is 0. The van der Waals surface area contributed by atoms with Crippen molar-refractivity contribution in [3.63, 3.8) is 0 Å². The Morgan fingerprint density at radius 1 is 1.07 bits per heavy atom. The van der Waals surface area contributed by atoms with Gasteiger partial charge in [-0.2, -0.15) is 0 Å². The van der Waals surface area contributed by atoms with E-state index in [0.717, 1.165) is 5.52 Å². The maximum absolute atomic E-state index is 11.0. The van der Waals surface area contributed by atoms with E-state index < -0.39 is 10.8 Å². The molecule has 3 aromatic rings. The van der Waals surface area contributed by atoms with Crippen molar-refractivity contribution in [3.05, 3.63) is 82.0 Å². The Hall–Kier alpha value is -3.94. The third kappa shape index (κ3) is 6.59. The maximum Gasteiger partial charge on any atom is 0.293 e. The number of hydrogen-bond donors (Lipinski definition) is 0. The lowest BCUT2D eigenvalue weighted by Crippen LogP contribution is -2.17. The number of non-ortho nitro benzene ring substituents is 1. The molecule has 1 aromatic heterocycles. The first-order valence-corrected chi connectivity index (χ1v) is 8.99. The summed E-state index contributed by atoms with van der Waals surface area (Å²) in [5, 5.41) is 11.6. The topological polar surface area (TPSA) is 112 Å². The second-order valence-electron chi connectivity index (χ2n) is 7.11. The molecule has 2 aromatic carbocycles. The summed E-state index contributed by atoms with van der Waals surface area (Å²) in [5.41, 5.74) is 1.59. The fourth-order valence-electron chi connectivity index (χ4n) is 2.31. The second-order valence-corrected chi connectivity index (χ2v) is 7.11. The first-order chi connectivity index (χ1) is 14.2. The van der Waals surface area contributed by atoms with Gasteiger partial charge in [-0.15, -0.1) is 0 Å². The number of amides is 1. The highest BCUT2D eigenvalue weighted by Crippen LogP contribution is 2.20. The van der Waals surface area contributed by atoms with Crippen molar-refractivity contribution in [2.75, 3.05) is 0 Å². The Morgan fingerprint density at radius 2 is 1.77 bits per heavy atom. The predicted molar refractivity (Wildman–Crippen MR) is 114 cm³/mol. The van der Waals surface area contributed by atoms with E-state index in [1.807, 2.05) is 51.2 Å². The van der Waals surface area contributed by atoms with Crippen LogP contribution in [-0.4, -0.2) is 34.1 Å². The van der Waals surface area contributed by atoms with Gasteiger partial charge in [0.05, 0.1) is 16.0 Å². The normalized spacial score (nSPS) is 11.5. The lowest BCUT2D eigenvalue weighted by atomic mass is 10.1. The van der Waals surface area contributed by atoms with E-state index in [1.165, 1.54) is 29.8 Å². The van der Waals surface area contributed by atoms with Crippen LogP contribution in [0.1, 0.15) is 36.7 Å². The number of nitro benzene ring substituents is 1. The first-order valence-electron chi connectivity index (χ1n) is 8.99. The Bertz CT molecular complexity index is 1020. The molecule has 30 heavy (non-hydrogen) atoms. The highest BCUT2D eigenvalue weighted by atomic mass is 16.6. The van der Waals surface area contributed by atoms with Crippen molar-refractivity contribution in [1.82, 2.24) is 4.98 Å². The molecular formula is C22H21N3O5. The predicted octanol–water partition coefficient (Wildman–Crippen LogP) is 4.36. The van der Waals surface area contributed by atoms with Gasteiger partial charge in [0, 0.05) is 35.5 Å². The zero-order valence-electron chi connectivity index (χ0n) is 16.8. The van der Waals surface area contributed by atoms with Gasteiger partial charge >= 0.3 is 0 Å². The van der Waals surface area contributed by atoms with Gasteiger partial charge in [0.15, 0.2) is 0 Å². The average Bonchev–Trinajstić information content (AvgIpc) is 3.08. The van der Waals surface area contributed by atoms with E-state index >= 15 is 0 Å². The number of pyridine rings is 1. The Labute approximate surface area is 173 Å². The van der Waals surface area contributed by atoms with E-state index in [1.54, 1.807) is 0 Å². The minimum absolute atomic E-state index is 0.0856. The number of para-hydroxylation sites is 1. The molecule has 0 N–H and O–H groups in total. The number of nitrogens with zero attached hydrogens (tertiary/aromatic N) is 3. The molecule has 154 valence electrons. The number of carbonyl (C=O) groups excluding carboxylic acids is 2.